The van der Waals surface area contributed by atoms with E-state index in [4.69, 9.17) is 0 Å². The summed E-state index contributed by atoms with van der Waals surface area (Å²) in [5.74, 6) is -0.822. The van der Waals surface area contributed by atoms with Crippen LogP contribution < -0.4 is 5.32 Å². The Hall–Kier alpha value is -2.18. The Morgan fingerprint density at radius 3 is 2.23 bits per heavy atom. The minimum Gasteiger partial charge on any atom is -0.363 e. The van der Waals surface area contributed by atoms with Crippen LogP contribution in [0.2, 0.25) is 5.11 Å². The number of sulfone groups is 1. The van der Waals surface area contributed by atoms with Crippen LogP contribution in [-0.4, -0.2) is 99.5 Å². The summed E-state index contributed by atoms with van der Waals surface area (Å²) in [5.41, 5.74) is -0.962. The van der Waals surface area contributed by atoms with Crippen LogP contribution in [-0.2, 0) is 15.1 Å². The zero-order chi connectivity index (χ0) is 26.4. The molecule has 1 N–H and O–H groups in total. The van der Waals surface area contributed by atoms with Crippen molar-refractivity contribution >= 4 is 68.8 Å². The normalized spacial score (nSPS) is 17.9. The molecule has 19 heteroatoms. The molecule has 0 spiro atoms. The maximum atomic E-state index is 17.0. The molecule has 9 nitrogen and oxygen atoms in total. The summed E-state index contributed by atoms with van der Waals surface area (Å²) in [5, 5.41) is 4.82. The number of amides is 2. The lowest BCUT2D eigenvalue weighted by Gasteiger charge is -2.46. The number of piperidine rings is 1. The Balaban J connectivity index is 1.94. The Morgan fingerprint density at radius 2 is 1.77 bits per heavy atom. The largest absolute Gasteiger partial charge is 0.363 e. The number of urea groups is 1. The van der Waals surface area contributed by atoms with Crippen molar-refractivity contribution in [1.29, 1.82) is 0 Å². The van der Waals surface area contributed by atoms with Crippen molar-refractivity contribution in [3.63, 3.8) is 0 Å². The number of carbonyl (C=O) groups excluding carboxylic acids is 1. The topological polar surface area (TPSA) is 110 Å². The van der Waals surface area contributed by atoms with Gasteiger partial charge in [0.2, 0.25) is 14.8 Å². The van der Waals surface area contributed by atoms with Gasteiger partial charge in [-0.25, -0.2) is 26.4 Å². The lowest BCUT2D eigenvalue weighted by atomic mass is 9.38. The van der Waals surface area contributed by atoms with Crippen LogP contribution >= 0.6 is 0 Å². The van der Waals surface area contributed by atoms with Gasteiger partial charge in [-0.15, -0.1) is 0 Å². The zero-order valence-electron chi connectivity index (χ0n) is 20.7. The van der Waals surface area contributed by atoms with Crippen LogP contribution in [0.25, 0.3) is 0 Å². The molecule has 1 aliphatic heterocycles. The monoisotopic (exact) mass is 507 g/mol. The molecule has 35 heavy (non-hydrogen) atoms. The minimum atomic E-state index is -4.92. The number of aromatic nitrogens is 3. The fourth-order valence-corrected chi connectivity index (χ4v) is 6.83. The van der Waals surface area contributed by atoms with Gasteiger partial charge in [-0.3, -0.25) is 10.00 Å². The third-order valence-electron chi connectivity index (χ3n) is 6.28. The summed E-state index contributed by atoms with van der Waals surface area (Å²) in [6, 6.07) is 0.980. The number of nitrogens with one attached hydrogen (secondary N) is 1. The number of halogens is 3. The maximum Gasteiger partial charge on any atom is 0.323 e. The molecule has 1 saturated heterocycles. The second-order valence-electron chi connectivity index (χ2n) is 10.8. The highest BCUT2D eigenvalue weighted by Gasteiger charge is 2.60. The van der Waals surface area contributed by atoms with Gasteiger partial charge in [-0.1, -0.05) is 10.3 Å². The number of anilines is 1. The standard InChI is InChI=1S/C16H26B6F3N5O4S/c17-15(18,19)14(25,8-1-4-29(5-2-8)13(31)26-10-3-6-34-28-10)35(32,33)9-7-30(16(20,21)22)27-11(9)12(23)24/h3,6-8,12H,1-2,4-5,17-22H2,(H,26,28,31)/t14-/m0/s1. The molecule has 1 atom stereocenters. The second-order valence-corrected chi connectivity index (χ2v) is 12.8. The van der Waals surface area contributed by atoms with Crippen molar-refractivity contribution in [3.05, 3.63) is 24.2 Å². The lowest BCUT2D eigenvalue weighted by Crippen LogP contribution is -2.56. The van der Waals surface area contributed by atoms with E-state index in [9.17, 15) is 22.0 Å². The van der Waals surface area contributed by atoms with Crippen molar-refractivity contribution in [3.8, 4) is 0 Å². The predicted octanol–water partition coefficient (Wildman–Crippen LogP) is -3.37. The number of rotatable bonds is 7. The van der Waals surface area contributed by atoms with Gasteiger partial charge in [0.25, 0.3) is 6.43 Å². The molecular weight excluding hydrogens is 480 g/mol. The first-order valence-corrected chi connectivity index (χ1v) is 12.8. The Labute approximate surface area is 207 Å². The van der Waals surface area contributed by atoms with Crippen LogP contribution in [0.15, 0.2) is 27.9 Å². The number of nitrogens with zero attached hydrogens (tertiary/aromatic N) is 4. The molecule has 0 aromatic carbocycles. The predicted molar refractivity (Wildman–Crippen MR) is 140 cm³/mol. The van der Waals surface area contributed by atoms with Crippen molar-refractivity contribution in [1.82, 2.24) is 19.8 Å². The first kappa shape index (κ1) is 27.4. The van der Waals surface area contributed by atoms with Gasteiger partial charge in [0, 0.05) is 31.3 Å². The van der Waals surface area contributed by atoms with E-state index < -0.39 is 54.2 Å². The molecule has 0 aliphatic carbocycles. The first-order valence-electron chi connectivity index (χ1n) is 11.3. The van der Waals surface area contributed by atoms with E-state index in [0.29, 0.717) is 0 Å². The highest BCUT2D eigenvalue weighted by molar-refractivity contribution is 7.93. The molecular formula is C16H26B6F3N5O4S. The molecule has 1 aliphatic rings. The zero-order valence-corrected chi connectivity index (χ0v) is 21.5. The SMILES string of the molecule is BC(B)(B)n1cc(S(=O)(=O)[C@@](F)(C2CCN(C(=O)Nc3ccon3)CC2)C(B)(B)B)c(C(F)F)n1. The van der Waals surface area contributed by atoms with Crippen LogP contribution in [0.3, 0.4) is 0 Å². The number of hydrogen-bond acceptors (Lipinski definition) is 6. The van der Waals surface area contributed by atoms with Crippen molar-refractivity contribution < 1.29 is 30.9 Å². The van der Waals surface area contributed by atoms with E-state index in [-0.39, 0.29) is 31.7 Å². The average Bonchev–Trinajstić information content (AvgIpc) is 3.42. The minimum absolute atomic E-state index is 0.0245. The molecule has 0 bridgehead atoms. The van der Waals surface area contributed by atoms with Gasteiger partial charge >= 0.3 is 6.03 Å². The molecule has 0 saturated carbocycles. The molecule has 2 amide bonds. The second kappa shape index (κ2) is 9.36. The summed E-state index contributed by atoms with van der Waals surface area (Å²) < 4.78 is 78.2. The van der Waals surface area contributed by atoms with Crippen LogP contribution in [0.5, 0.6) is 0 Å². The molecule has 2 aromatic heterocycles. The molecule has 2 aromatic rings. The highest BCUT2D eigenvalue weighted by atomic mass is 32.2. The van der Waals surface area contributed by atoms with E-state index in [2.05, 4.69) is 20.1 Å². The maximum absolute atomic E-state index is 17.0. The Morgan fingerprint density at radius 1 is 1.17 bits per heavy atom. The third-order valence-corrected chi connectivity index (χ3v) is 8.91. The van der Waals surface area contributed by atoms with E-state index >= 15 is 4.39 Å². The van der Waals surface area contributed by atoms with E-state index in [1.165, 1.54) is 40.8 Å². The third kappa shape index (κ3) is 5.05. The molecule has 184 valence electrons. The lowest BCUT2D eigenvalue weighted by molar-refractivity contribution is 0.105. The summed E-state index contributed by atoms with van der Waals surface area (Å²) in [7, 11) is 4.42. The summed E-state index contributed by atoms with van der Waals surface area (Å²) in [6.45, 7) is 0.156. The highest BCUT2D eigenvalue weighted by Crippen LogP contribution is 2.51. The smallest absolute Gasteiger partial charge is 0.323 e. The number of alkyl halides is 3. The molecule has 1 fully saturated rings. The van der Waals surface area contributed by atoms with Gasteiger partial charge in [0.05, 0.1) is 23.5 Å². The molecule has 0 unspecified atom stereocenters. The van der Waals surface area contributed by atoms with Gasteiger partial charge in [-0.05, 0) is 18.1 Å². The number of likely N-dealkylation sites (tertiary alicyclic amines) is 1. The number of carbonyl (C=O) groups is 1. The number of hydrogen-bond donors (Lipinski definition) is 1. The van der Waals surface area contributed by atoms with Crippen LogP contribution in [0.4, 0.5) is 23.8 Å². The Kier molecular flexibility index (Phi) is 7.33. The summed E-state index contributed by atoms with van der Waals surface area (Å²) >= 11 is 0. The van der Waals surface area contributed by atoms with Gasteiger partial charge in [-0.2, -0.15) is 5.10 Å². The Bertz CT molecular complexity index is 1160. The van der Waals surface area contributed by atoms with E-state index in [0.717, 1.165) is 10.9 Å². The molecule has 3 rings (SSSR count). The van der Waals surface area contributed by atoms with Gasteiger partial charge in [0.1, 0.15) is 40.4 Å². The first-order chi connectivity index (χ1) is 16.0. The van der Waals surface area contributed by atoms with Crippen molar-refractivity contribution in [2.45, 2.75) is 39.5 Å². The quantitative estimate of drug-likeness (QED) is 0.393. The van der Waals surface area contributed by atoms with E-state index in [1.807, 2.05) is 0 Å². The van der Waals surface area contributed by atoms with Gasteiger partial charge in [0.15, 0.2) is 5.82 Å². The fraction of sp³-hybridized carbons (Fsp3) is 0.562. The fourth-order valence-electron chi connectivity index (χ4n) is 4.39. The summed E-state index contributed by atoms with van der Waals surface area (Å²) in [6.07, 6.45) is -0.858. The molecule has 3 heterocycles. The van der Waals surface area contributed by atoms with Crippen molar-refractivity contribution in [2.24, 2.45) is 5.92 Å². The van der Waals surface area contributed by atoms with E-state index in [1.54, 1.807) is 23.5 Å². The average molecular weight is 506 g/mol. The summed E-state index contributed by atoms with van der Waals surface area (Å²) in [4.78, 5) is 13.1. The van der Waals surface area contributed by atoms with Crippen LogP contribution in [0.1, 0.15) is 25.0 Å². The molecule has 0 radical (unpaired) electrons. The van der Waals surface area contributed by atoms with Crippen LogP contribution in [0, 0.1) is 5.92 Å². The van der Waals surface area contributed by atoms with Crippen molar-refractivity contribution in [2.75, 3.05) is 18.4 Å². The van der Waals surface area contributed by atoms with Gasteiger partial charge < -0.3 is 9.42 Å².